The number of piperidine rings is 1. The molecule has 1 aromatic carbocycles. The van der Waals surface area contributed by atoms with Gasteiger partial charge in [-0.1, -0.05) is 30.3 Å². The van der Waals surface area contributed by atoms with Gasteiger partial charge in [0.25, 0.3) is 0 Å². The largest absolute Gasteiger partial charge is 0.471 e. The first-order valence-corrected chi connectivity index (χ1v) is 7.71. The van der Waals surface area contributed by atoms with E-state index in [0.29, 0.717) is 13.0 Å². The van der Waals surface area contributed by atoms with Crippen LogP contribution in [-0.2, 0) is 16.1 Å². The molecule has 4 nitrogen and oxygen atoms in total. The first-order chi connectivity index (χ1) is 10.9. The van der Waals surface area contributed by atoms with Gasteiger partial charge in [0, 0.05) is 32.2 Å². The van der Waals surface area contributed by atoms with Gasteiger partial charge in [-0.2, -0.15) is 13.2 Å². The Kier molecular flexibility index (Phi) is 4.59. The van der Waals surface area contributed by atoms with Gasteiger partial charge in [0.1, 0.15) is 0 Å². The molecule has 3 rings (SSSR count). The van der Waals surface area contributed by atoms with Crippen LogP contribution >= 0.6 is 0 Å². The minimum atomic E-state index is -4.81. The van der Waals surface area contributed by atoms with Gasteiger partial charge < -0.3 is 9.64 Å². The number of nitrogens with zero attached hydrogens (tertiary/aromatic N) is 2. The van der Waals surface area contributed by atoms with Gasteiger partial charge in [0.05, 0.1) is 12.7 Å². The normalized spacial score (nSPS) is 26.0. The monoisotopic (exact) mass is 328 g/mol. The number of fused-ring (bicyclic) bond motifs is 1. The summed E-state index contributed by atoms with van der Waals surface area (Å²) >= 11 is 0. The van der Waals surface area contributed by atoms with Gasteiger partial charge in [-0.25, -0.2) is 0 Å². The molecule has 1 aromatic rings. The zero-order valence-corrected chi connectivity index (χ0v) is 12.6. The molecule has 2 heterocycles. The highest BCUT2D eigenvalue weighted by Gasteiger charge is 2.46. The predicted molar refractivity (Wildman–Crippen MR) is 77.6 cm³/mol. The van der Waals surface area contributed by atoms with E-state index in [1.54, 1.807) is 0 Å². The Labute approximate surface area is 132 Å². The maximum Gasteiger partial charge on any atom is 0.471 e. The van der Waals surface area contributed by atoms with Crippen LogP contribution in [-0.4, -0.2) is 60.3 Å². The maximum atomic E-state index is 12.6. The number of carbonyl (C=O) groups is 1. The fourth-order valence-electron chi connectivity index (χ4n) is 3.35. The van der Waals surface area contributed by atoms with Gasteiger partial charge in [0.2, 0.25) is 0 Å². The summed E-state index contributed by atoms with van der Waals surface area (Å²) < 4.78 is 43.4. The minimum Gasteiger partial charge on any atom is -0.373 e. The Hall–Kier alpha value is -1.60. The predicted octanol–water partition coefficient (Wildman–Crippen LogP) is 2.05. The Balaban J connectivity index is 1.65. The van der Waals surface area contributed by atoms with Crippen LogP contribution in [0.15, 0.2) is 30.3 Å². The molecule has 2 aliphatic rings. The smallest absolute Gasteiger partial charge is 0.373 e. The number of alkyl halides is 3. The maximum absolute atomic E-state index is 12.6. The number of amides is 1. The number of rotatable bonds is 2. The van der Waals surface area contributed by atoms with Crippen molar-refractivity contribution in [2.45, 2.75) is 31.3 Å². The van der Waals surface area contributed by atoms with Crippen LogP contribution in [0.1, 0.15) is 12.0 Å². The summed E-state index contributed by atoms with van der Waals surface area (Å²) in [6.45, 7) is 2.10. The number of morpholine rings is 1. The van der Waals surface area contributed by atoms with Crippen molar-refractivity contribution >= 4 is 5.91 Å². The SMILES string of the molecule is O=C(N1CCC2C(C1)OCCN2Cc1ccccc1)C(F)(F)F. The molecule has 1 amide bonds. The van der Waals surface area contributed by atoms with Gasteiger partial charge >= 0.3 is 12.1 Å². The molecule has 2 fully saturated rings. The van der Waals surface area contributed by atoms with E-state index >= 15 is 0 Å². The average molecular weight is 328 g/mol. The molecule has 2 atom stereocenters. The Bertz CT molecular complexity index is 550. The Morgan fingerprint density at radius 2 is 1.96 bits per heavy atom. The number of hydrogen-bond acceptors (Lipinski definition) is 3. The van der Waals surface area contributed by atoms with E-state index in [2.05, 4.69) is 4.90 Å². The van der Waals surface area contributed by atoms with Gasteiger partial charge in [0.15, 0.2) is 0 Å². The van der Waals surface area contributed by atoms with Gasteiger partial charge in [-0.3, -0.25) is 9.69 Å². The summed E-state index contributed by atoms with van der Waals surface area (Å²) in [7, 11) is 0. The third kappa shape index (κ3) is 3.67. The fraction of sp³-hybridized carbons (Fsp3) is 0.562. The van der Waals surface area contributed by atoms with E-state index in [9.17, 15) is 18.0 Å². The van der Waals surface area contributed by atoms with Crippen LogP contribution in [0.3, 0.4) is 0 Å². The number of halogens is 3. The summed E-state index contributed by atoms with van der Waals surface area (Å²) in [5.74, 6) is -1.76. The van der Waals surface area contributed by atoms with Crippen molar-refractivity contribution in [1.82, 2.24) is 9.80 Å². The second-order valence-corrected chi connectivity index (χ2v) is 5.97. The van der Waals surface area contributed by atoms with E-state index in [4.69, 9.17) is 4.74 Å². The molecular formula is C16H19F3N2O2. The van der Waals surface area contributed by atoms with E-state index in [1.807, 2.05) is 30.3 Å². The van der Waals surface area contributed by atoms with Crippen LogP contribution in [0.4, 0.5) is 13.2 Å². The molecule has 2 saturated heterocycles. The molecule has 23 heavy (non-hydrogen) atoms. The van der Waals surface area contributed by atoms with Crippen LogP contribution < -0.4 is 0 Å². The lowest BCUT2D eigenvalue weighted by Gasteiger charge is -2.46. The Morgan fingerprint density at radius 3 is 2.65 bits per heavy atom. The van der Waals surface area contributed by atoms with E-state index in [-0.39, 0.29) is 25.2 Å². The summed E-state index contributed by atoms with van der Waals surface area (Å²) in [4.78, 5) is 14.5. The van der Waals surface area contributed by atoms with Gasteiger partial charge in [-0.05, 0) is 12.0 Å². The van der Waals surface area contributed by atoms with Crippen molar-refractivity contribution < 1.29 is 22.7 Å². The third-order valence-corrected chi connectivity index (χ3v) is 4.46. The number of benzene rings is 1. The average Bonchev–Trinajstić information content (AvgIpc) is 2.54. The fourth-order valence-corrected chi connectivity index (χ4v) is 3.35. The number of hydrogen-bond donors (Lipinski definition) is 0. The van der Waals surface area contributed by atoms with Crippen molar-refractivity contribution in [3.8, 4) is 0 Å². The molecular weight excluding hydrogens is 309 g/mol. The molecule has 0 saturated carbocycles. The Morgan fingerprint density at radius 1 is 1.22 bits per heavy atom. The molecule has 0 aliphatic carbocycles. The molecule has 0 spiro atoms. The molecule has 0 bridgehead atoms. The topological polar surface area (TPSA) is 32.8 Å². The lowest BCUT2D eigenvalue weighted by Crippen LogP contribution is -2.61. The minimum absolute atomic E-state index is 0.00823. The number of carbonyl (C=O) groups excluding carboxylic acids is 1. The van der Waals surface area contributed by atoms with E-state index < -0.39 is 12.1 Å². The summed E-state index contributed by atoms with van der Waals surface area (Å²) in [5.41, 5.74) is 1.17. The number of likely N-dealkylation sites (tertiary alicyclic amines) is 1. The molecule has 2 unspecified atom stereocenters. The lowest BCUT2D eigenvalue weighted by molar-refractivity contribution is -0.192. The quantitative estimate of drug-likeness (QED) is 0.833. The molecule has 0 radical (unpaired) electrons. The first kappa shape index (κ1) is 16.3. The van der Waals surface area contributed by atoms with Crippen molar-refractivity contribution in [3.05, 3.63) is 35.9 Å². The second kappa shape index (κ2) is 6.49. The summed E-state index contributed by atoms with van der Waals surface area (Å²) in [6.07, 6.45) is -4.67. The van der Waals surface area contributed by atoms with Gasteiger partial charge in [-0.15, -0.1) is 0 Å². The highest BCUT2D eigenvalue weighted by atomic mass is 19.4. The van der Waals surface area contributed by atoms with E-state index in [0.717, 1.165) is 18.0 Å². The third-order valence-electron chi connectivity index (χ3n) is 4.46. The zero-order valence-electron chi connectivity index (χ0n) is 12.6. The molecule has 126 valence electrons. The summed E-state index contributed by atoms with van der Waals surface area (Å²) in [5, 5.41) is 0. The van der Waals surface area contributed by atoms with Crippen molar-refractivity contribution in [1.29, 1.82) is 0 Å². The standard InChI is InChI=1S/C16H19F3N2O2/c17-16(18,19)15(22)21-7-6-13-14(11-21)23-9-8-20(13)10-12-4-2-1-3-5-12/h1-5,13-14H,6-11H2. The van der Waals surface area contributed by atoms with Crippen molar-refractivity contribution in [2.75, 3.05) is 26.2 Å². The van der Waals surface area contributed by atoms with Crippen LogP contribution in [0.25, 0.3) is 0 Å². The summed E-state index contributed by atoms with van der Waals surface area (Å²) in [6, 6.07) is 10.0. The van der Waals surface area contributed by atoms with Crippen molar-refractivity contribution in [3.63, 3.8) is 0 Å². The van der Waals surface area contributed by atoms with Crippen molar-refractivity contribution in [2.24, 2.45) is 0 Å². The highest BCUT2D eigenvalue weighted by molar-refractivity contribution is 5.82. The lowest BCUT2D eigenvalue weighted by atomic mass is 9.97. The molecule has 0 N–H and O–H groups in total. The van der Waals surface area contributed by atoms with E-state index in [1.165, 1.54) is 5.56 Å². The van der Waals surface area contributed by atoms with Crippen LogP contribution in [0, 0.1) is 0 Å². The molecule has 0 aromatic heterocycles. The first-order valence-electron chi connectivity index (χ1n) is 7.71. The molecule has 7 heteroatoms. The second-order valence-electron chi connectivity index (χ2n) is 5.97. The molecule has 2 aliphatic heterocycles. The highest BCUT2D eigenvalue weighted by Crippen LogP contribution is 2.27. The number of ether oxygens (including phenoxy) is 1. The van der Waals surface area contributed by atoms with Crippen LogP contribution in [0.2, 0.25) is 0 Å². The zero-order chi connectivity index (χ0) is 16.4. The van der Waals surface area contributed by atoms with Crippen LogP contribution in [0.5, 0.6) is 0 Å².